The van der Waals surface area contributed by atoms with Crippen molar-refractivity contribution >= 4 is 11.8 Å². The van der Waals surface area contributed by atoms with Crippen molar-refractivity contribution in [2.75, 3.05) is 13.1 Å². The zero-order valence-corrected chi connectivity index (χ0v) is 16.4. The fourth-order valence-electron chi connectivity index (χ4n) is 2.62. The van der Waals surface area contributed by atoms with Crippen molar-refractivity contribution in [2.24, 2.45) is 5.92 Å². The van der Waals surface area contributed by atoms with Gasteiger partial charge in [0, 0.05) is 43.5 Å². The van der Waals surface area contributed by atoms with E-state index >= 15 is 0 Å². The molecular weight excluding hydrogens is 406 g/mol. The van der Waals surface area contributed by atoms with Gasteiger partial charge in [0.2, 0.25) is 5.91 Å². The normalized spacial score (nSPS) is 11.3. The van der Waals surface area contributed by atoms with Crippen molar-refractivity contribution < 1.29 is 31.9 Å². The molecule has 1 aromatic heterocycles. The molecule has 0 fully saturated rings. The summed E-state index contributed by atoms with van der Waals surface area (Å²) in [5.74, 6) is -3.34. The van der Waals surface area contributed by atoms with Crippen LogP contribution in [-0.4, -0.2) is 41.2 Å². The third kappa shape index (κ3) is 6.71. The van der Waals surface area contributed by atoms with Crippen LogP contribution in [0.3, 0.4) is 0 Å². The van der Waals surface area contributed by atoms with Gasteiger partial charge in [0.05, 0.1) is 5.56 Å². The predicted octanol–water partition coefficient (Wildman–Crippen LogP) is 3.53. The molecule has 0 spiro atoms. The fraction of sp³-hybridized carbons (Fsp3) is 0.350. The van der Waals surface area contributed by atoms with E-state index in [-0.39, 0.29) is 31.1 Å². The number of alkyl halides is 3. The van der Waals surface area contributed by atoms with E-state index in [4.69, 9.17) is 0 Å². The van der Waals surface area contributed by atoms with Gasteiger partial charge < -0.3 is 15.0 Å². The number of carbonyl (C=O) groups is 2. The van der Waals surface area contributed by atoms with Gasteiger partial charge in [-0.15, -0.1) is 13.2 Å². The molecule has 30 heavy (non-hydrogen) atoms. The molecule has 0 aliphatic carbocycles. The van der Waals surface area contributed by atoms with Gasteiger partial charge in [-0.2, -0.15) is 0 Å². The van der Waals surface area contributed by atoms with Crippen LogP contribution >= 0.6 is 0 Å². The molecule has 0 saturated carbocycles. The Morgan fingerprint density at radius 1 is 1.20 bits per heavy atom. The number of carbonyl (C=O) groups excluding carboxylic acids is 2. The van der Waals surface area contributed by atoms with Gasteiger partial charge >= 0.3 is 6.36 Å². The summed E-state index contributed by atoms with van der Waals surface area (Å²) in [7, 11) is 0. The largest absolute Gasteiger partial charge is 0.573 e. The highest BCUT2D eigenvalue weighted by molar-refractivity contribution is 5.93. The number of amides is 2. The molecule has 2 amide bonds. The van der Waals surface area contributed by atoms with Crippen molar-refractivity contribution in [3.05, 3.63) is 59.7 Å². The lowest BCUT2D eigenvalue weighted by Gasteiger charge is -2.25. The van der Waals surface area contributed by atoms with Gasteiger partial charge in [-0.25, -0.2) is 4.39 Å². The Balaban J connectivity index is 2.10. The molecule has 0 atom stereocenters. The topological polar surface area (TPSA) is 71.5 Å². The Hall–Kier alpha value is -3.17. The van der Waals surface area contributed by atoms with E-state index in [9.17, 15) is 27.2 Å². The lowest BCUT2D eigenvalue weighted by atomic mass is 10.1. The van der Waals surface area contributed by atoms with Crippen LogP contribution in [0.5, 0.6) is 5.75 Å². The van der Waals surface area contributed by atoms with Crippen molar-refractivity contribution in [1.29, 1.82) is 0 Å². The fourth-order valence-corrected chi connectivity index (χ4v) is 2.62. The van der Waals surface area contributed by atoms with Gasteiger partial charge in [0.1, 0.15) is 0 Å². The highest BCUT2D eigenvalue weighted by atomic mass is 19.4. The first-order chi connectivity index (χ1) is 14.1. The minimum atomic E-state index is -5.04. The van der Waals surface area contributed by atoms with E-state index in [2.05, 4.69) is 15.0 Å². The third-order valence-electron chi connectivity index (χ3n) is 4.03. The number of nitrogens with zero attached hydrogens (tertiary/aromatic N) is 2. The van der Waals surface area contributed by atoms with Crippen LogP contribution in [0.4, 0.5) is 17.6 Å². The molecule has 1 aromatic carbocycles. The van der Waals surface area contributed by atoms with Crippen LogP contribution in [0.15, 0.2) is 42.7 Å². The summed E-state index contributed by atoms with van der Waals surface area (Å²) in [4.78, 5) is 29.7. The summed E-state index contributed by atoms with van der Waals surface area (Å²) in [6.07, 6.45) is -2.14. The lowest BCUT2D eigenvalue weighted by molar-refractivity contribution is -0.275. The average Bonchev–Trinajstić information content (AvgIpc) is 2.69. The molecule has 0 bridgehead atoms. The Labute approximate surface area is 170 Å². The Morgan fingerprint density at radius 3 is 2.53 bits per heavy atom. The summed E-state index contributed by atoms with van der Waals surface area (Å²) in [6.45, 7) is 3.10. The SMILES string of the molecule is CC(C)C(=O)N(CCNC(=O)c1cccnc1)Cc1cccc(OC(F)(F)F)c1F. The number of hydrogen-bond acceptors (Lipinski definition) is 4. The first kappa shape index (κ1) is 23.1. The lowest BCUT2D eigenvalue weighted by Crippen LogP contribution is -2.40. The molecule has 2 rings (SSSR count). The number of ether oxygens (including phenoxy) is 1. The van der Waals surface area contributed by atoms with Crippen LogP contribution < -0.4 is 10.1 Å². The smallest absolute Gasteiger partial charge is 0.403 e. The molecule has 6 nitrogen and oxygen atoms in total. The number of rotatable bonds is 8. The summed E-state index contributed by atoms with van der Waals surface area (Å²) >= 11 is 0. The summed E-state index contributed by atoms with van der Waals surface area (Å²) in [6, 6.07) is 6.51. The molecule has 0 radical (unpaired) electrons. The van der Waals surface area contributed by atoms with E-state index in [0.717, 1.165) is 6.07 Å². The van der Waals surface area contributed by atoms with E-state index in [1.807, 2.05) is 0 Å². The predicted molar refractivity (Wildman–Crippen MR) is 99.9 cm³/mol. The Bertz CT molecular complexity index is 873. The van der Waals surface area contributed by atoms with Crippen molar-refractivity contribution in [2.45, 2.75) is 26.8 Å². The molecule has 0 aliphatic rings. The summed E-state index contributed by atoms with van der Waals surface area (Å²) in [5, 5.41) is 2.63. The molecule has 162 valence electrons. The highest BCUT2D eigenvalue weighted by Gasteiger charge is 2.33. The monoisotopic (exact) mass is 427 g/mol. The molecular formula is C20H21F4N3O3. The van der Waals surface area contributed by atoms with Crippen molar-refractivity contribution in [3.8, 4) is 5.75 Å². The van der Waals surface area contributed by atoms with E-state index in [0.29, 0.717) is 5.56 Å². The number of benzene rings is 1. The van der Waals surface area contributed by atoms with Crippen LogP contribution in [-0.2, 0) is 11.3 Å². The maximum absolute atomic E-state index is 14.5. The molecule has 1 heterocycles. The third-order valence-corrected chi connectivity index (χ3v) is 4.03. The van der Waals surface area contributed by atoms with Gasteiger partial charge in [-0.3, -0.25) is 14.6 Å². The number of pyridine rings is 1. The maximum Gasteiger partial charge on any atom is 0.573 e. The first-order valence-electron chi connectivity index (χ1n) is 9.08. The standard InChI is InChI=1S/C20H21F4N3O3/c1-13(2)19(29)27(10-9-26-18(28)14-6-4-8-25-11-14)12-15-5-3-7-16(17(15)21)30-20(22,23)24/h3-8,11,13H,9-10,12H2,1-2H3,(H,26,28). The summed E-state index contributed by atoms with van der Waals surface area (Å²) in [5.41, 5.74) is 0.201. The van der Waals surface area contributed by atoms with Gasteiger partial charge in [-0.1, -0.05) is 26.0 Å². The number of aromatic nitrogens is 1. The number of hydrogen-bond donors (Lipinski definition) is 1. The molecule has 0 saturated heterocycles. The highest BCUT2D eigenvalue weighted by Crippen LogP contribution is 2.28. The zero-order chi connectivity index (χ0) is 22.3. The van der Waals surface area contributed by atoms with Gasteiger partial charge in [0.15, 0.2) is 11.6 Å². The van der Waals surface area contributed by atoms with Crippen LogP contribution in [0.25, 0.3) is 0 Å². The molecule has 2 aromatic rings. The second kappa shape index (κ2) is 10.0. The second-order valence-corrected chi connectivity index (χ2v) is 6.69. The minimum Gasteiger partial charge on any atom is -0.403 e. The van der Waals surface area contributed by atoms with Crippen molar-refractivity contribution in [3.63, 3.8) is 0 Å². The summed E-state index contributed by atoms with van der Waals surface area (Å²) < 4.78 is 55.4. The number of halogens is 4. The van der Waals surface area contributed by atoms with Crippen LogP contribution in [0, 0.1) is 11.7 Å². The van der Waals surface area contributed by atoms with E-state index in [1.165, 1.54) is 29.4 Å². The Morgan fingerprint density at radius 2 is 1.93 bits per heavy atom. The van der Waals surface area contributed by atoms with Crippen LogP contribution in [0.2, 0.25) is 0 Å². The molecule has 0 aliphatic heterocycles. The molecule has 0 unspecified atom stereocenters. The second-order valence-electron chi connectivity index (χ2n) is 6.69. The van der Waals surface area contributed by atoms with E-state index < -0.39 is 29.8 Å². The van der Waals surface area contributed by atoms with E-state index in [1.54, 1.807) is 26.0 Å². The maximum atomic E-state index is 14.5. The minimum absolute atomic E-state index is 0.0345. The van der Waals surface area contributed by atoms with Gasteiger partial charge in [-0.05, 0) is 18.2 Å². The zero-order valence-electron chi connectivity index (χ0n) is 16.4. The van der Waals surface area contributed by atoms with Crippen molar-refractivity contribution in [1.82, 2.24) is 15.2 Å². The number of nitrogens with one attached hydrogen (secondary N) is 1. The van der Waals surface area contributed by atoms with Gasteiger partial charge in [0.25, 0.3) is 5.91 Å². The van der Waals surface area contributed by atoms with Crippen LogP contribution in [0.1, 0.15) is 29.8 Å². The first-order valence-corrected chi connectivity index (χ1v) is 9.08. The molecule has 1 N–H and O–H groups in total. The quantitative estimate of drug-likeness (QED) is 0.655. The molecule has 10 heteroatoms. The Kier molecular flexibility index (Phi) is 7.73. The average molecular weight is 427 g/mol.